The zero-order valence-electron chi connectivity index (χ0n) is 7.88. The maximum atomic E-state index is 11.2. The number of fused-ring (bicyclic) bond motifs is 1. The molecule has 0 aromatic heterocycles. The van der Waals surface area contributed by atoms with Crippen LogP contribution in [0.1, 0.15) is 15.9 Å². The number of benzene rings is 1. The number of allylic oxidation sites excluding steroid dienone is 2. The molecule has 78 valence electrons. The molecule has 4 heteroatoms. The zero-order chi connectivity index (χ0) is 11.3. The van der Waals surface area contributed by atoms with Gasteiger partial charge in [0.15, 0.2) is 5.78 Å². The Morgan fingerprint density at radius 3 is 2.40 bits per heavy atom. The van der Waals surface area contributed by atoms with Crippen LogP contribution < -0.4 is 0 Å². The van der Waals surface area contributed by atoms with Crippen LogP contribution in [0.5, 0.6) is 0 Å². The quantitative estimate of drug-likeness (QED) is 0.682. The summed E-state index contributed by atoms with van der Waals surface area (Å²) in [5, 5.41) is 13.9. The summed E-state index contributed by atoms with van der Waals surface area (Å²) in [6, 6.07) is 7.74. The highest BCUT2D eigenvalue weighted by molar-refractivity contribution is 6.06. The van der Waals surface area contributed by atoms with E-state index in [1.165, 1.54) is 0 Å². The number of hydrogen-bond donors (Lipinski definition) is 2. The molecule has 2 N–H and O–H groups in total. The number of rotatable bonds is 0. The second-order valence-corrected chi connectivity index (χ2v) is 2.91. The Hall–Kier alpha value is -2.10. The van der Waals surface area contributed by atoms with Gasteiger partial charge in [-0.25, -0.2) is 4.79 Å². The lowest BCUT2D eigenvalue weighted by atomic mass is 9.96. The Bertz CT molecular complexity index is 403. The number of carbonyl (C=O) groups is 2. The lowest BCUT2D eigenvalue weighted by Crippen LogP contribution is -2.04. The fourth-order valence-corrected chi connectivity index (χ4v) is 1.32. The minimum Gasteiger partial charge on any atom is -0.450 e. The predicted molar refractivity (Wildman–Crippen MR) is 54.3 cm³/mol. The molecule has 1 aromatic rings. The van der Waals surface area contributed by atoms with Crippen molar-refractivity contribution in [3.63, 3.8) is 0 Å². The highest BCUT2D eigenvalue weighted by Crippen LogP contribution is 2.15. The van der Waals surface area contributed by atoms with Gasteiger partial charge in [-0.15, -0.1) is 0 Å². The minimum absolute atomic E-state index is 0.131. The van der Waals surface area contributed by atoms with E-state index in [9.17, 15) is 4.79 Å². The van der Waals surface area contributed by atoms with Gasteiger partial charge < -0.3 is 10.2 Å². The summed E-state index contributed by atoms with van der Waals surface area (Å²) in [7, 11) is 0. The second-order valence-electron chi connectivity index (χ2n) is 2.91. The van der Waals surface area contributed by atoms with Gasteiger partial charge in [0.05, 0.1) is 0 Å². The second kappa shape index (κ2) is 4.95. The molecule has 1 aliphatic carbocycles. The highest BCUT2D eigenvalue weighted by atomic mass is 16.6. The summed E-state index contributed by atoms with van der Waals surface area (Å²) < 4.78 is 0. The molecule has 0 spiro atoms. The fourth-order valence-electron chi connectivity index (χ4n) is 1.32. The van der Waals surface area contributed by atoms with Crippen LogP contribution in [0.3, 0.4) is 0 Å². The van der Waals surface area contributed by atoms with Crippen molar-refractivity contribution >= 4 is 11.9 Å². The molecule has 0 fully saturated rings. The molecule has 0 atom stereocenters. The molecule has 1 aromatic carbocycles. The van der Waals surface area contributed by atoms with Gasteiger partial charge >= 0.3 is 6.16 Å². The van der Waals surface area contributed by atoms with E-state index in [2.05, 4.69) is 0 Å². The van der Waals surface area contributed by atoms with E-state index in [-0.39, 0.29) is 5.78 Å². The summed E-state index contributed by atoms with van der Waals surface area (Å²) in [4.78, 5) is 19.8. The maximum Gasteiger partial charge on any atom is 0.503 e. The Balaban J connectivity index is 0.000000245. The average molecular weight is 206 g/mol. The third-order valence-electron chi connectivity index (χ3n) is 1.89. The van der Waals surface area contributed by atoms with Crippen molar-refractivity contribution in [1.82, 2.24) is 0 Å². The average Bonchev–Trinajstić information content (AvgIpc) is 2.18. The van der Waals surface area contributed by atoms with Crippen LogP contribution in [0.15, 0.2) is 36.4 Å². The topological polar surface area (TPSA) is 74.6 Å². The molecular formula is C11H10O4. The Morgan fingerprint density at radius 2 is 1.80 bits per heavy atom. The van der Waals surface area contributed by atoms with E-state index < -0.39 is 6.16 Å². The molecular weight excluding hydrogens is 196 g/mol. The van der Waals surface area contributed by atoms with Crippen molar-refractivity contribution in [3.05, 3.63) is 47.5 Å². The largest absolute Gasteiger partial charge is 0.503 e. The lowest BCUT2D eigenvalue weighted by Gasteiger charge is -2.07. The summed E-state index contributed by atoms with van der Waals surface area (Å²) in [5.41, 5.74) is 2.00. The molecule has 0 amide bonds. The maximum absolute atomic E-state index is 11.2. The number of hydrogen-bond acceptors (Lipinski definition) is 2. The smallest absolute Gasteiger partial charge is 0.450 e. The van der Waals surface area contributed by atoms with E-state index >= 15 is 0 Å². The van der Waals surface area contributed by atoms with Gasteiger partial charge in [0.1, 0.15) is 0 Å². The highest BCUT2D eigenvalue weighted by Gasteiger charge is 2.09. The van der Waals surface area contributed by atoms with Gasteiger partial charge in [0.2, 0.25) is 0 Å². The molecule has 0 saturated heterocycles. The SMILES string of the molecule is O=C(O)O.O=C1C=CCc2ccccc21. The zero-order valence-corrected chi connectivity index (χ0v) is 7.88. The molecule has 0 unspecified atom stereocenters. The monoisotopic (exact) mass is 206 g/mol. The molecule has 15 heavy (non-hydrogen) atoms. The Morgan fingerprint density at radius 1 is 1.20 bits per heavy atom. The molecule has 1 aliphatic rings. The molecule has 0 radical (unpaired) electrons. The van der Waals surface area contributed by atoms with Gasteiger partial charge in [-0.3, -0.25) is 4.79 Å². The van der Waals surface area contributed by atoms with Crippen molar-refractivity contribution < 1.29 is 19.8 Å². The molecule has 0 saturated carbocycles. The van der Waals surface area contributed by atoms with Crippen LogP contribution in [-0.2, 0) is 6.42 Å². The predicted octanol–water partition coefficient (Wildman–Crippen LogP) is 2.20. The Kier molecular flexibility index (Phi) is 3.62. The van der Waals surface area contributed by atoms with Crippen molar-refractivity contribution in [2.75, 3.05) is 0 Å². The van der Waals surface area contributed by atoms with E-state index in [1.54, 1.807) is 6.08 Å². The first-order chi connectivity index (χ1) is 7.11. The number of carbonyl (C=O) groups excluding carboxylic acids is 1. The van der Waals surface area contributed by atoms with Gasteiger partial charge in [-0.05, 0) is 18.1 Å². The van der Waals surface area contributed by atoms with E-state index in [4.69, 9.17) is 15.0 Å². The van der Waals surface area contributed by atoms with Crippen molar-refractivity contribution in [2.45, 2.75) is 6.42 Å². The first kappa shape index (κ1) is 11.0. The Labute approximate surface area is 86.5 Å². The fraction of sp³-hybridized carbons (Fsp3) is 0.0909. The van der Waals surface area contributed by atoms with Crippen LogP contribution in [0.25, 0.3) is 0 Å². The van der Waals surface area contributed by atoms with Crippen LogP contribution >= 0.6 is 0 Å². The molecule has 0 bridgehead atoms. The van der Waals surface area contributed by atoms with Gasteiger partial charge in [0.25, 0.3) is 0 Å². The van der Waals surface area contributed by atoms with Crippen molar-refractivity contribution in [1.29, 1.82) is 0 Å². The van der Waals surface area contributed by atoms with Crippen LogP contribution in [-0.4, -0.2) is 22.2 Å². The first-order valence-corrected chi connectivity index (χ1v) is 4.32. The van der Waals surface area contributed by atoms with Gasteiger partial charge in [0, 0.05) is 5.56 Å². The van der Waals surface area contributed by atoms with Gasteiger partial charge in [-0.2, -0.15) is 0 Å². The van der Waals surface area contributed by atoms with E-state index in [1.807, 2.05) is 30.3 Å². The summed E-state index contributed by atoms with van der Waals surface area (Å²) in [6.07, 6.45) is 2.61. The third kappa shape index (κ3) is 3.27. The summed E-state index contributed by atoms with van der Waals surface area (Å²) in [5.74, 6) is 0.131. The van der Waals surface area contributed by atoms with Crippen LogP contribution in [0.4, 0.5) is 4.79 Å². The minimum atomic E-state index is -1.83. The number of carboxylic acid groups (broad SMARTS) is 2. The summed E-state index contributed by atoms with van der Waals surface area (Å²) >= 11 is 0. The normalized spacial score (nSPS) is 12.4. The van der Waals surface area contributed by atoms with E-state index in [0.29, 0.717) is 0 Å². The van der Waals surface area contributed by atoms with Crippen LogP contribution in [0, 0.1) is 0 Å². The first-order valence-electron chi connectivity index (χ1n) is 4.32. The molecule has 2 rings (SSSR count). The molecule has 0 heterocycles. The van der Waals surface area contributed by atoms with Crippen LogP contribution in [0.2, 0.25) is 0 Å². The summed E-state index contributed by atoms with van der Waals surface area (Å²) in [6.45, 7) is 0. The van der Waals surface area contributed by atoms with E-state index in [0.717, 1.165) is 17.5 Å². The van der Waals surface area contributed by atoms with Crippen molar-refractivity contribution in [3.8, 4) is 0 Å². The lowest BCUT2D eigenvalue weighted by molar-refractivity contribution is 0.104. The number of ketones is 1. The molecule has 4 nitrogen and oxygen atoms in total. The third-order valence-corrected chi connectivity index (χ3v) is 1.89. The van der Waals surface area contributed by atoms with Crippen molar-refractivity contribution in [2.24, 2.45) is 0 Å². The van der Waals surface area contributed by atoms with Gasteiger partial charge in [-0.1, -0.05) is 30.3 Å². The molecule has 0 aliphatic heterocycles. The standard InChI is InChI=1S/C10H8O.CH2O3/c11-10-7-3-5-8-4-1-2-6-9(8)10;2-1(3)4/h1-4,6-7H,5H2;(H2,2,3,4).